The summed E-state index contributed by atoms with van der Waals surface area (Å²) in [6.45, 7) is 2.85. The van der Waals surface area contributed by atoms with Crippen molar-refractivity contribution in [1.29, 1.82) is 0 Å². The zero-order valence-corrected chi connectivity index (χ0v) is 13.6. The minimum absolute atomic E-state index is 0.161. The lowest BCUT2D eigenvalue weighted by atomic mass is 10.1. The summed E-state index contributed by atoms with van der Waals surface area (Å²) < 4.78 is 21.8. The molecular weight excluding hydrogens is 312 g/mol. The van der Waals surface area contributed by atoms with Crippen LogP contribution in [0.25, 0.3) is 0 Å². The highest BCUT2D eigenvalue weighted by Crippen LogP contribution is 2.23. The van der Waals surface area contributed by atoms with Crippen LogP contribution in [0.4, 0.5) is 5.69 Å². The van der Waals surface area contributed by atoms with E-state index in [1.54, 1.807) is 18.2 Å². The van der Waals surface area contributed by atoms with Gasteiger partial charge in [0.05, 0.1) is 12.2 Å². The van der Waals surface area contributed by atoms with E-state index in [2.05, 4.69) is 17.2 Å². The van der Waals surface area contributed by atoms with Gasteiger partial charge in [-0.1, -0.05) is 23.4 Å². The molecule has 0 aliphatic rings. The Labute approximate surface area is 129 Å². The molecule has 0 unspecified atom stereocenters. The average molecular weight is 329 g/mol. The molecule has 0 saturated carbocycles. The zero-order chi connectivity index (χ0) is 16.3. The number of anilines is 1. The molecule has 1 amide bonds. The molecule has 5 nitrogen and oxygen atoms in total. The second kappa shape index (κ2) is 6.48. The maximum Gasteiger partial charge on any atom is 0.245 e. The van der Waals surface area contributed by atoms with Gasteiger partial charge in [0, 0.05) is 16.8 Å². The highest BCUT2D eigenvalue weighted by molar-refractivity contribution is 7.92. The second-order valence-electron chi connectivity index (χ2n) is 4.93. The van der Waals surface area contributed by atoms with Crippen molar-refractivity contribution in [3.05, 3.63) is 28.8 Å². The number of hydrogen-bond acceptors (Lipinski definition) is 4. The minimum atomic E-state index is -3.55. The highest BCUT2D eigenvalue weighted by Gasteiger charge is 2.38. The van der Waals surface area contributed by atoms with Crippen molar-refractivity contribution in [3.63, 3.8) is 0 Å². The summed E-state index contributed by atoms with van der Waals surface area (Å²) in [5, 5.41) is 3.03. The van der Waals surface area contributed by atoms with E-state index in [0.29, 0.717) is 16.3 Å². The third-order valence-corrected chi connectivity index (χ3v) is 5.30. The van der Waals surface area contributed by atoms with Crippen LogP contribution in [0, 0.1) is 11.8 Å². The molecule has 3 N–H and O–H groups in total. The van der Waals surface area contributed by atoms with Gasteiger partial charge in [0.15, 0.2) is 9.84 Å². The van der Waals surface area contributed by atoms with E-state index in [1.165, 1.54) is 13.8 Å². The molecule has 0 aliphatic heterocycles. The fourth-order valence-corrected chi connectivity index (χ4v) is 1.88. The Morgan fingerprint density at radius 1 is 1.43 bits per heavy atom. The Kier molecular flexibility index (Phi) is 5.40. The van der Waals surface area contributed by atoms with Crippen LogP contribution < -0.4 is 11.1 Å². The molecule has 0 bridgehead atoms. The van der Waals surface area contributed by atoms with Gasteiger partial charge in [-0.15, -0.1) is 0 Å². The number of nitrogens with one attached hydrogen (secondary N) is 1. The van der Waals surface area contributed by atoms with E-state index < -0.39 is 20.5 Å². The molecule has 0 aromatic heterocycles. The van der Waals surface area contributed by atoms with Crippen LogP contribution in [0.3, 0.4) is 0 Å². The van der Waals surface area contributed by atoms with Gasteiger partial charge in [-0.2, -0.15) is 0 Å². The van der Waals surface area contributed by atoms with Crippen molar-refractivity contribution in [2.24, 2.45) is 5.73 Å². The fraction of sp³-hybridized carbons (Fsp3) is 0.357. The van der Waals surface area contributed by atoms with E-state index in [0.717, 1.165) is 6.26 Å². The lowest BCUT2D eigenvalue weighted by Gasteiger charge is -2.21. The monoisotopic (exact) mass is 328 g/mol. The van der Waals surface area contributed by atoms with E-state index in [-0.39, 0.29) is 6.54 Å². The van der Waals surface area contributed by atoms with E-state index in [4.69, 9.17) is 17.3 Å². The second-order valence-corrected chi connectivity index (χ2v) is 7.93. The molecule has 0 radical (unpaired) electrons. The fourth-order valence-electron chi connectivity index (χ4n) is 1.32. The molecule has 21 heavy (non-hydrogen) atoms. The molecule has 0 atom stereocenters. The first-order valence-electron chi connectivity index (χ1n) is 6.09. The lowest BCUT2D eigenvalue weighted by molar-refractivity contribution is -0.117. The Bertz CT molecular complexity index is 715. The molecule has 0 spiro atoms. The molecule has 0 heterocycles. The summed E-state index contributed by atoms with van der Waals surface area (Å²) >= 11 is 5.89. The summed E-state index contributed by atoms with van der Waals surface area (Å²) in [6.07, 6.45) is 1.02. The van der Waals surface area contributed by atoms with Crippen molar-refractivity contribution >= 4 is 33.0 Å². The SMILES string of the molecule is CC(C)(C(=O)Nc1ccc(Cl)cc1C#CCN)S(C)(=O)=O. The smallest absolute Gasteiger partial charge is 0.245 e. The molecule has 0 fully saturated rings. The maximum atomic E-state index is 12.2. The Morgan fingerprint density at radius 2 is 2.05 bits per heavy atom. The van der Waals surface area contributed by atoms with Gasteiger partial charge >= 0.3 is 0 Å². The van der Waals surface area contributed by atoms with Crippen LogP contribution in [0.2, 0.25) is 5.02 Å². The average Bonchev–Trinajstić information content (AvgIpc) is 2.37. The third kappa shape index (κ3) is 4.21. The maximum absolute atomic E-state index is 12.2. The molecular formula is C14H17ClN2O3S. The van der Waals surface area contributed by atoms with Crippen LogP contribution in [-0.2, 0) is 14.6 Å². The Hall–Kier alpha value is -1.55. The first kappa shape index (κ1) is 17.5. The number of rotatable bonds is 3. The van der Waals surface area contributed by atoms with Crippen molar-refractivity contribution in [3.8, 4) is 11.8 Å². The van der Waals surface area contributed by atoms with E-state index >= 15 is 0 Å². The number of hydrogen-bond donors (Lipinski definition) is 2. The molecule has 0 saturated heterocycles. The van der Waals surface area contributed by atoms with Crippen molar-refractivity contribution in [2.45, 2.75) is 18.6 Å². The standard InChI is InChI=1S/C14H17ClN2O3S/c1-14(2,21(3,19)20)13(18)17-12-7-6-11(15)9-10(12)5-4-8-16/h6-7,9H,8,16H2,1-3H3,(H,17,18). The molecule has 114 valence electrons. The molecule has 0 aliphatic carbocycles. The van der Waals surface area contributed by atoms with Gasteiger partial charge in [0.2, 0.25) is 5.91 Å². The van der Waals surface area contributed by atoms with Gasteiger partial charge in [-0.3, -0.25) is 4.79 Å². The largest absolute Gasteiger partial charge is 0.324 e. The van der Waals surface area contributed by atoms with Crippen molar-refractivity contribution < 1.29 is 13.2 Å². The molecule has 1 aromatic rings. The van der Waals surface area contributed by atoms with E-state index in [1.807, 2.05) is 0 Å². The minimum Gasteiger partial charge on any atom is -0.324 e. The predicted molar refractivity (Wildman–Crippen MR) is 84.9 cm³/mol. The number of sulfone groups is 1. The van der Waals surface area contributed by atoms with Gasteiger partial charge in [-0.25, -0.2) is 8.42 Å². The number of halogens is 1. The molecule has 7 heteroatoms. The summed E-state index contributed by atoms with van der Waals surface area (Å²) in [7, 11) is -3.55. The number of carbonyl (C=O) groups excluding carboxylic acids is 1. The van der Waals surface area contributed by atoms with Crippen LogP contribution in [0.1, 0.15) is 19.4 Å². The zero-order valence-electron chi connectivity index (χ0n) is 12.0. The predicted octanol–water partition coefficient (Wildman–Crippen LogP) is 1.41. The van der Waals surface area contributed by atoms with Crippen LogP contribution in [-0.4, -0.2) is 31.9 Å². The number of amides is 1. The number of nitrogens with two attached hydrogens (primary N) is 1. The normalized spacial score (nSPS) is 11.5. The van der Waals surface area contributed by atoms with Crippen LogP contribution in [0.5, 0.6) is 0 Å². The number of benzene rings is 1. The quantitative estimate of drug-likeness (QED) is 0.821. The van der Waals surface area contributed by atoms with Gasteiger partial charge in [0.25, 0.3) is 0 Å². The Balaban J connectivity index is 3.17. The van der Waals surface area contributed by atoms with Gasteiger partial charge in [0.1, 0.15) is 4.75 Å². The van der Waals surface area contributed by atoms with Crippen LogP contribution >= 0.6 is 11.6 Å². The third-order valence-electron chi connectivity index (χ3n) is 3.03. The van der Waals surface area contributed by atoms with Crippen molar-refractivity contribution in [1.82, 2.24) is 0 Å². The lowest BCUT2D eigenvalue weighted by Crippen LogP contribution is -2.44. The molecule has 1 aromatic carbocycles. The topological polar surface area (TPSA) is 89.3 Å². The first-order chi connectivity index (χ1) is 9.59. The highest BCUT2D eigenvalue weighted by atomic mass is 35.5. The summed E-state index contributed by atoms with van der Waals surface area (Å²) in [5.74, 6) is 4.81. The van der Waals surface area contributed by atoms with E-state index in [9.17, 15) is 13.2 Å². The number of carbonyl (C=O) groups is 1. The van der Waals surface area contributed by atoms with Gasteiger partial charge in [-0.05, 0) is 32.0 Å². The molecule has 1 rings (SSSR count). The first-order valence-corrected chi connectivity index (χ1v) is 8.36. The summed E-state index contributed by atoms with van der Waals surface area (Å²) in [5.41, 5.74) is 6.19. The Morgan fingerprint density at radius 3 is 2.57 bits per heavy atom. The van der Waals surface area contributed by atoms with Crippen molar-refractivity contribution in [2.75, 3.05) is 18.1 Å². The summed E-state index contributed by atoms with van der Waals surface area (Å²) in [4.78, 5) is 12.2. The summed E-state index contributed by atoms with van der Waals surface area (Å²) in [6, 6.07) is 4.73. The van der Waals surface area contributed by atoms with Crippen LogP contribution in [0.15, 0.2) is 18.2 Å². The van der Waals surface area contributed by atoms with Gasteiger partial charge < -0.3 is 11.1 Å².